The summed E-state index contributed by atoms with van der Waals surface area (Å²) >= 11 is 0. The van der Waals surface area contributed by atoms with E-state index < -0.39 is 0 Å². The fraction of sp³-hybridized carbons (Fsp3) is 0.467. The highest BCUT2D eigenvalue weighted by Gasteiger charge is 2.27. The van der Waals surface area contributed by atoms with Crippen molar-refractivity contribution in [3.05, 3.63) is 47.6 Å². The van der Waals surface area contributed by atoms with Crippen LogP contribution in [0.3, 0.4) is 0 Å². The van der Waals surface area contributed by atoms with E-state index >= 15 is 0 Å². The number of nitrogens with two attached hydrogens (primary N) is 1. The third kappa shape index (κ3) is 2.54. The zero-order valence-corrected chi connectivity index (χ0v) is 11.1. The van der Waals surface area contributed by atoms with E-state index in [2.05, 4.69) is 17.1 Å². The van der Waals surface area contributed by atoms with Crippen LogP contribution in [0.2, 0.25) is 0 Å². The summed E-state index contributed by atoms with van der Waals surface area (Å²) in [5.41, 5.74) is 7.16. The number of nitrogens with zero attached hydrogens (tertiary/aromatic N) is 2. The van der Waals surface area contributed by atoms with Crippen molar-refractivity contribution in [2.24, 2.45) is 11.7 Å². The van der Waals surface area contributed by atoms with Gasteiger partial charge in [-0.2, -0.15) is 4.98 Å². The molecular weight excluding hydrogens is 238 g/mol. The van der Waals surface area contributed by atoms with E-state index in [1.807, 2.05) is 30.3 Å². The van der Waals surface area contributed by atoms with Gasteiger partial charge in [0.25, 0.3) is 0 Å². The molecule has 4 nitrogen and oxygen atoms in total. The second-order valence-corrected chi connectivity index (χ2v) is 5.49. The Kier molecular flexibility index (Phi) is 3.34. The first-order valence-electron chi connectivity index (χ1n) is 6.88. The number of aromatic nitrogens is 2. The highest BCUT2D eigenvalue weighted by molar-refractivity contribution is 5.23. The van der Waals surface area contributed by atoms with Crippen molar-refractivity contribution in [1.29, 1.82) is 0 Å². The van der Waals surface area contributed by atoms with Crippen molar-refractivity contribution in [1.82, 2.24) is 10.1 Å². The molecule has 0 aliphatic heterocycles. The third-order valence-corrected chi connectivity index (χ3v) is 3.94. The van der Waals surface area contributed by atoms with Crippen LogP contribution in [0.5, 0.6) is 0 Å². The molecule has 1 aliphatic carbocycles. The van der Waals surface area contributed by atoms with E-state index in [0.717, 1.165) is 30.1 Å². The lowest BCUT2D eigenvalue weighted by molar-refractivity contribution is 0.359. The summed E-state index contributed by atoms with van der Waals surface area (Å²) in [4.78, 5) is 4.50. The van der Waals surface area contributed by atoms with Crippen LogP contribution in [0.25, 0.3) is 0 Å². The van der Waals surface area contributed by atoms with Gasteiger partial charge in [-0.25, -0.2) is 0 Å². The molecule has 2 unspecified atom stereocenters. The fourth-order valence-electron chi connectivity index (χ4n) is 2.78. The Morgan fingerprint density at radius 3 is 2.74 bits per heavy atom. The predicted octanol–water partition coefficient (Wildman–Crippen LogP) is 3.02. The van der Waals surface area contributed by atoms with Crippen molar-refractivity contribution < 1.29 is 4.52 Å². The number of hydrogen-bond acceptors (Lipinski definition) is 4. The zero-order valence-electron chi connectivity index (χ0n) is 11.1. The SMILES string of the molecule is CC1CCC(c2noc([C@H](N)c3ccccc3)n2)C1. The molecule has 4 heteroatoms. The van der Waals surface area contributed by atoms with Crippen molar-refractivity contribution in [2.75, 3.05) is 0 Å². The van der Waals surface area contributed by atoms with E-state index in [1.54, 1.807) is 0 Å². The van der Waals surface area contributed by atoms with Crippen LogP contribution in [0.15, 0.2) is 34.9 Å². The molecule has 1 aromatic heterocycles. The first kappa shape index (κ1) is 12.4. The Labute approximate surface area is 113 Å². The molecule has 1 heterocycles. The molecule has 19 heavy (non-hydrogen) atoms. The molecule has 1 aromatic carbocycles. The van der Waals surface area contributed by atoms with Crippen molar-refractivity contribution >= 4 is 0 Å². The molecule has 0 bridgehead atoms. The van der Waals surface area contributed by atoms with Gasteiger partial charge in [-0.3, -0.25) is 0 Å². The maximum atomic E-state index is 6.16. The highest BCUT2D eigenvalue weighted by Crippen LogP contribution is 2.36. The van der Waals surface area contributed by atoms with Gasteiger partial charge in [0.2, 0.25) is 5.89 Å². The number of hydrogen-bond donors (Lipinski definition) is 1. The average Bonchev–Trinajstić information content (AvgIpc) is 3.07. The normalized spacial score (nSPS) is 24.5. The number of benzene rings is 1. The Bertz CT molecular complexity index is 537. The van der Waals surface area contributed by atoms with Gasteiger partial charge in [-0.15, -0.1) is 0 Å². The first-order valence-corrected chi connectivity index (χ1v) is 6.88. The largest absolute Gasteiger partial charge is 0.337 e. The maximum absolute atomic E-state index is 6.16. The van der Waals surface area contributed by atoms with Crippen LogP contribution < -0.4 is 5.73 Å². The Balaban J connectivity index is 1.78. The van der Waals surface area contributed by atoms with Crippen molar-refractivity contribution in [3.63, 3.8) is 0 Å². The Morgan fingerprint density at radius 2 is 2.05 bits per heavy atom. The summed E-state index contributed by atoms with van der Waals surface area (Å²) in [6.07, 6.45) is 3.56. The van der Waals surface area contributed by atoms with Crippen LogP contribution in [0.4, 0.5) is 0 Å². The van der Waals surface area contributed by atoms with Gasteiger partial charge in [0, 0.05) is 5.92 Å². The lowest BCUT2D eigenvalue weighted by Crippen LogP contribution is -2.12. The average molecular weight is 257 g/mol. The molecule has 0 amide bonds. The van der Waals surface area contributed by atoms with E-state index in [4.69, 9.17) is 10.3 Å². The van der Waals surface area contributed by atoms with E-state index in [9.17, 15) is 0 Å². The van der Waals surface area contributed by atoms with Crippen molar-refractivity contribution in [2.45, 2.75) is 38.1 Å². The standard InChI is InChI=1S/C15H19N3O/c1-10-7-8-12(9-10)14-17-15(19-18-14)13(16)11-5-3-2-4-6-11/h2-6,10,12-13H,7-9,16H2,1H3/t10?,12?,13-/m1/s1. The van der Waals surface area contributed by atoms with E-state index in [0.29, 0.717) is 11.8 Å². The minimum atomic E-state index is -0.332. The van der Waals surface area contributed by atoms with Crippen LogP contribution >= 0.6 is 0 Å². The van der Waals surface area contributed by atoms with E-state index in [1.165, 1.54) is 6.42 Å². The topological polar surface area (TPSA) is 64.9 Å². The van der Waals surface area contributed by atoms with Crippen molar-refractivity contribution in [3.8, 4) is 0 Å². The van der Waals surface area contributed by atoms with Gasteiger partial charge < -0.3 is 10.3 Å². The summed E-state index contributed by atoms with van der Waals surface area (Å²) in [5.74, 6) is 2.54. The maximum Gasteiger partial charge on any atom is 0.248 e. The summed E-state index contributed by atoms with van der Waals surface area (Å²) in [6, 6.07) is 9.52. The van der Waals surface area contributed by atoms with Crippen LogP contribution in [0.1, 0.15) is 55.4 Å². The molecule has 3 atom stereocenters. The molecule has 100 valence electrons. The molecule has 2 N–H and O–H groups in total. The highest BCUT2D eigenvalue weighted by atomic mass is 16.5. The van der Waals surface area contributed by atoms with Crippen LogP contribution in [-0.2, 0) is 0 Å². The minimum absolute atomic E-state index is 0.332. The molecule has 1 fully saturated rings. The monoisotopic (exact) mass is 257 g/mol. The lowest BCUT2D eigenvalue weighted by Gasteiger charge is -2.06. The molecule has 2 aromatic rings. The minimum Gasteiger partial charge on any atom is -0.337 e. The van der Waals surface area contributed by atoms with Gasteiger partial charge in [0.05, 0.1) is 0 Å². The van der Waals surface area contributed by atoms with E-state index in [-0.39, 0.29) is 6.04 Å². The van der Waals surface area contributed by atoms with Gasteiger partial charge in [0.15, 0.2) is 5.82 Å². The molecule has 0 saturated heterocycles. The van der Waals surface area contributed by atoms with Gasteiger partial charge in [-0.1, -0.05) is 42.4 Å². The van der Waals surface area contributed by atoms with Gasteiger partial charge >= 0.3 is 0 Å². The summed E-state index contributed by atoms with van der Waals surface area (Å²) in [5, 5.41) is 4.11. The lowest BCUT2D eigenvalue weighted by atomic mass is 10.1. The second kappa shape index (κ2) is 5.13. The Morgan fingerprint density at radius 1 is 1.26 bits per heavy atom. The molecule has 0 spiro atoms. The molecule has 1 aliphatic rings. The predicted molar refractivity (Wildman–Crippen MR) is 72.5 cm³/mol. The first-order chi connectivity index (χ1) is 9.24. The molecular formula is C15H19N3O. The summed E-state index contributed by atoms with van der Waals surface area (Å²) < 4.78 is 5.34. The van der Waals surface area contributed by atoms with Gasteiger partial charge in [-0.05, 0) is 30.7 Å². The van der Waals surface area contributed by atoms with Crippen LogP contribution in [-0.4, -0.2) is 10.1 Å². The second-order valence-electron chi connectivity index (χ2n) is 5.49. The van der Waals surface area contributed by atoms with Crippen LogP contribution in [0, 0.1) is 5.92 Å². The molecule has 1 saturated carbocycles. The smallest absolute Gasteiger partial charge is 0.248 e. The fourth-order valence-corrected chi connectivity index (χ4v) is 2.78. The summed E-state index contributed by atoms with van der Waals surface area (Å²) in [7, 11) is 0. The Hall–Kier alpha value is -1.68. The quantitative estimate of drug-likeness (QED) is 0.918. The molecule has 3 rings (SSSR count). The molecule has 0 radical (unpaired) electrons. The zero-order chi connectivity index (χ0) is 13.2. The summed E-state index contributed by atoms with van der Waals surface area (Å²) in [6.45, 7) is 2.27. The van der Waals surface area contributed by atoms with Gasteiger partial charge in [0.1, 0.15) is 6.04 Å². The third-order valence-electron chi connectivity index (χ3n) is 3.94. The number of rotatable bonds is 3.